The molecule has 0 radical (unpaired) electrons. The zero-order valence-electron chi connectivity index (χ0n) is 10.2. The molecule has 3 N–H and O–H groups in total. The van der Waals surface area contributed by atoms with Crippen LogP contribution in [-0.2, 0) is 0 Å². The molecule has 1 amide bonds. The number of benzene rings is 1. The minimum absolute atomic E-state index is 0.371. The molecule has 1 rings (SSSR count). The van der Waals surface area contributed by atoms with E-state index in [0.717, 1.165) is 24.1 Å². The molecule has 3 heteroatoms. The number of hydrogen-bond acceptors (Lipinski definition) is 2. The van der Waals surface area contributed by atoms with E-state index in [1.54, 1.807) is 6.07 Å². The minimum Gasteiger partial charge on any atom is -0.382 e. The number of carbonyl (C=O) groups excluding carboxylic acids is 1. The molecular formula is C13H20N2O. The maximum Gasteiger partial charge on any atom is 0.249 e. The maximum atomic E-state index is 11.2. The zero-order valence-corrected chi connectivity index (χ0v) is 10.2. The highest BCUT2D eigenvalue weighted by Gasteiger charge is 2.09. The summed E-state index contributed by atoms with van der Waals surface area (Å²) in [6.45, 7) is 6.21. The fourth-order valence-electron chi connectivity index (χ4n) is 1.83. The monoisotopic (exact) mass is 220 g/mol. The third kappa shape index (κ3) is 2.99. The first kappa shape index (κ1) is 12.6. The van der Waals surface area contributed by atoms with E-state index in [4.69, 9.17) is 5.73 Å². The van der Waals surface area contributed by atoms with Crippen LogP contribution in [-0.4, -0.2) is 11.9 Å². The van der Waals surface area contributed by atoms with Gasteiger partial charge in [-0.05, 0) is 38.0 Å². The van der Waals surface area contributed by atoms with Crippen LogP contribution in [0.25, 0.3) is 0 Å². The molecule has 88 valence electrons. The second-order valence-electron chi connectivity index (χ2n) is 4.18. The summed E-state index contributed by atoms with van der Waals surface area (Å²) in [5.74, 6) is -0.371. The summed E-state index contributed by atoms with van der Waals surface area (Å²) in [4.78, 5) is 11.2. The highest BCUT2D eigenvalue weighted by Crippen LogP contribution is 2.20. The van der Waals surface area contributed by atoms with Crippen LogP contribution in [0.4, 0.5) is 5.69 Å². The molecule has 0 saturated heterocycles. The van der Waals surface area contributed by atoms with Gasteiger partial charge in [0.25, 0.3) is 0 Å². The number of anilines is 1. The Labute approximate surface area is 97.0 Å². The van der Waals surface area contributed by atoms with Gasteiger partial charge >= 0.3 is 0 Å². The SMILES string of the molecule is CCCC(C)Nc1cccc(C(N)=O)c1C. The fourth-order valence-corrected chi connectivity index (χ4v) is 1.83. The van der Waals surface area contributed by atoms with Crippen molar-refractivity contribution in [3.8, 4) is 0 Å². The molecule has 0 fully saturated rings. The third-order valence-electron chi connectivity index (χ3n) is 2.72. The topological polar surface area (TPSA) is 55.1 Å². The summed E-state index contributed by atoms with van der Waals surface area (Å²) in [6, 6.07) is 6.00. The van der Waals surface area contributed by atoms with Crippen LogP contribution in [0.1, 0.15) is 42.6 Å². The third-order valence-corrected chi connectivity index (χ3v) is 2.72. The number of hydrogen-bond donors (Lipinski definition) is 2. The molecule has 1 aromatic rings. The lowest BCUT2D eigenvalue weighted by Crippen LogP contribution is -2.18. The lowest BCUT2D eigenvalue weighted by atomic mass is 10.1. The summed E-state index contributed by atoms with van der Waals surface area (Å²) >= 11 is 0. The molecule has 0 aliphatic heterocycles. The Morgan fingerprint density at radius 2 is 2.19 bits per heavy atom. The van der Waals surface area contributed by atoms with Gasteiger partial charge in [-0.1, -0.05) is 19.4 Å². The van der Waals surface area contributed by atoms with Crippen molar-refractivity contribution in [1.29, 1.82) is 0 Å². The van der Waals surface area contributed by atoms with Crippen LogP contribution >= 0.6 is 0 Å². The molecule has 3 nitrogen and oxygen atoms in total. The highest BCUT2D eigenvalue weighted by molar-refractivity contribution is 5.95. The second kappa shape index (κ2) is 5.54. The van der Waals surface area contributed by atoms with E-state index in [2.05, 4.69) is 19.2 Å². The Bertz CT molecular complexity index is 374. The van der Waals surface area contributed by atoms with Gasteiger partial charge in [-0.25, -0.2) is 0 Å². The highest BCUT2D eigenvalue weighted by atomic mass is 16.1. The van der Waals surface area contributed by atoms with Gasteiger partial charge in [0.2, 0.25) is 5.91 Å². The van der Waals surface area contributed by atoms with E-state index in [1.165, 1.54) is 0 Å². The number of amides is 1. The van der Waals surface area contributed by atoms with E-state index in [0.29, 0.717) is 11.6 Å². The van der Waals surface area contributed by atoms with Gasteiger partial charge < -0.3 is 11.1 Å². The summed E-state index contributed by atoms with van der Waals surface area (Å²) in [5.41, 5.74) is 7.82. The van der Waals surface area contributed by atoms with E-state index < -0.39 is 0 Å². The Hall–Kier alpha value is -1.51. The van der Waals surface area contributed by atoms with Gasteiger partial charge in [0.1, 0.15) is 0 Å². The van der Waals surface area contributed by atoms with Crippen molar-refractivity contribution in [1.82, 2.24) is 0 Å². The lowest BCUT2D eigenvalue weighted by Gasteiger charge is -2.17. The fraction of sp³-hybridized carbons (Fsp3) is 0.462. The molecule has 1 atom stereocenters. The molecule has 1 unspecified atom stereocenters. The molecule has 0 bridgehead atoms. The summed E-state index contributed by atoms with van der Waals surface area (Å²) in [7, 11) is 0. The van der Waals surface area contributed by atoms with Crippen molar-refractivity contribution in [2.24, 2.45) is 5.73 Å². The van der Waals surface area contributed by atoms with Crippen LogP contribution in [0.5, 0.6) is 0 Å². The second-order valence-corrected chi connectivity index (χ2v) is 4.18. The Kier molecular flexibility index (Phi) is 4.35. The van der Waals surface area contributed by atoms with E-state index in [-0.39, 0.29) is 5.91 Å². The van der Waals surface area contributed by atoms with E-state index in [1.807, 2.05) is 19.1 Å². The van der Waals surface area contributed by atoms with Gasteiger partial charge in [0, 0.05) is 17.3 Å². The standard InChI is InChI=1S/C13H20N2O/c1-4-6-9(2)15-12-8-5-7-11(10(12)3)13(14)16/h5,7-9,15H,4,6H2,1-3H3,(H2,14,16). The van der Waals surface area contributed by atoms with Crippen molar-refractivity contribution in [2.45, 2.75) is 39.7 Å². The largest absolute Gasteiger partial charge is 0.382 e. The summed E-state index contributed by atoms with van der Waals surface area (Å²) < 4.78 is 0. The Morgan fingerprint density at radius 1 is 1.50 bits per heavy atom. The van der Waals surface area contributed by atoms with Gasteiger partial charge in [0.05, 0.1) is 0 Å². The average molecular weight is 220 g/mol. The first-order valence-electron chi connectivity index (χ1n) is 5.72. The van der Waals surface area contributed by atoms with Gasteiger partial charge in [-0.15, -0.1) is 0 Å². The van der Waals surface area contributed by atoms with Crippen molar-refractivity contribution in [3.05, 3.63) is 29.3 Å². The molecule has 1 aromatic carbocycles. The lowest BCUT2D eigenvalue weighted by molar-refractivity contribution is 0.1000. The van der Waals surface area contributed by atoms with Gasteiger partial charge in [-0.2, -0.15) is 0 Å². The van der Waals surface area contributed by atoms with Crippen LogP contribution in [0.2, 0.25) is 0 Å². The molecular weight excluding hydrogens is 200 g/mol. The number of rotatable bonds is 5. The smallest absolute Gasteiger partial charge is 0.249 e. The van der Waals surface area contributed by atoms with Crippen molar-refractivity contribution < 1.29 is 4.79 Å². The zero-order chi connectivity index (χ0) is 12.1. The van der Waals surface area contributed by atoms with E-state index >= 15 is 0 Å². The van der Waals surface area contributed by atoms with Crippen molar-refractivity contribution >= 4 is 11.6 Å². The molecule has 0 aliphatic carbocycles. The maximum absolute atomic E-state index is 11.2. The predicted octanol–water partition coefficient (Wildman–Crippen LogP) is 2.69. The number of primary amides is 1. The molecule has 0 saturated carbocycles. The quantitative estimate of drug-likeness (QED) is 0.801. The molecule has 16 heavy (non-hydrogen) atoms. The molecule has 0 aliphatic rings. The first-order valence-corrected chi connectivity index (χ1v) is 5.72. The van der Waals surface area contributed by atoms with Gasteiger partial charge in [-0.3, -0.25) is 4.79 Å². The predicted molar refractivity (Wildman–Crippen MR) is 67.7 cm³/mol. The van der Waals surface area contributed by atoms with Crippen LogP contribution in [0.15, 0.2) is 18.2 Å². The van der Waals surface area contributed by atoms with E-state index in [9.17, 15) is 4.79 Å². The minimum atomic E-state index is -0.371. The summed E-state index contributed by atoms with van der Waals surface area (Å²) in [5, 5.41) is 3.40. The molecule has 0 aromatic heterocycles. The number of nitrogens with one attached hydrogen (secondary N) is 1. The Morgan fingerprint density at radius 3 is 2.75 bits per heavy atom. The summed E-state index contributed by atoms with van der Waals surface area (Å²) in [6.07, 6.45) is 2.25. The van der Waals surface area contributed by atoms with Gasteiger partial charge in [0.15, 0.2) is 0 Å². The van der Waals surface area contributed by atoms with Crippen molar-refractivity contribution in [2.75, 3.05) is 5.32 Å². The van der Waals surface area contributed by atoms with Crippen LogP contribution in [0.3, 0.4) is 0 Å². The Balaban J connectivity index is 2.89. The molecule has 0 spiro atoms. The normalized spacial score (nSPS) is 12.2. The first-order chi connectivity index (χ1) is 7.56. The van der Waals surface area contributed by atoms with Crippen LogP contribution < -0.4 is 11.1 Å². The van der Waals surface area contributed by atoms with Crippen molar-refractivity contribution in [3.63, 3.8) is 0 Å². The van der Waals surface area contributed by atoms with Crippen LogP contribution in [0, 0.1) is 6.92 Å². The molecule has 0 heterocycles. The average Bonchev–Trinajstić information content (AvgIpc) is 2.21. The number of nitrogens with two attached hydrogens (primary N) is 1. The number of carbonyl (C=O) groups is 1.